The van der Waals surface area contributed by atoms with E-state index in [0.717, 1.165) is 17.1 Å². The van der Waals surface area contributed by atoms with Gasteiger partial charge in [0.1, 0.15) is 22.8 Å². The van der Waals surface area contributed by atoms with Crippen LogP contribution in [0, 0.1) is 0 Å². The van der Waals surface area contributed by atoms with Gasteiger partial charge in [0.25, 0.3) is 0 Å². The third kappa shape index (κ3) is 3.78. The van der Waals surface area contributed by atoms with Crippen LogP contribution in [-0.2, 0) is 0 Å². The van der Waals surface area contributed by atoms with Gasteiger partial charge in [-0.25, -0.2) is 9.98 Å². The molecule has 4 rings (SSSR count). The van der Waals surface area contributed by atoms with E-state index < -0.39 is 0 Å². The molecule has 0 spiro atoms. The minimum absolute atomic E-state index is 0.0305. The third-order valence-corrected chi connectivity index (χ3v) is 5.20. The van der Waals surface area contributed by atoms with Gasteiger partial charge in [-0.05, 0) is 55.0 Å². The van der Waals surface area contributed by atoms with Gasteiger partial charge in [-0.2, -0.15) is 0 Å². The first-order valence-corrected chi connectivity index (χ1v) is 9.43. The highest BCUT2D eigenvalue weighted by atomic mass is 32.2. The Balaban J connectivity index is 1.58. The number of amidine groups is 1. The maximum Gasteiger partial charge on any atom is 0.184 e. The molecule has 1 aromatic carbocycles. The van der Waals surface area contributed by atoms with Crippen LogP contribution in [0.3, 0.4) is 0 Å². The molecule has 138 valence electrons. The molecule has 2 atom stereocenters. The summed E-state index contributed by atoms with van der Waals surface area (Å²) in [5, 5.41) is 10.4. The van der Waals surface area contributed by atoms with E-state index in [2.05, 4.69) is 4.99 Å². The number of aromatic hydroxyl groups is 1. The molecule has 1 aliphatic heterocycles. The van der Waals surface area contributed by atoms with E-state index in [4.69, 9.17) is 18.6 Å². The smallest absolute Gasteiger partial charge is 0.184 e. The summed E-state index contributed by atoms with van der Waals surface area (Å²) in [5.74, 6) is 2.15. The Morgan fingerprint density at radius 1 is 1.19 bits per heavy atom. The third-order valence-electron chi connectivity index (χ3n) is 4.03. The molecule has 7 heteroatoms. The predicted octanol–water partition coefficient (Wildman–Crippen LogP) is 4.98. The Bertz CT molecular complexity index is 949. The van der Waals surface area contributed by atoms with E-state index in [1.807, 2.05) is 31.2 Å². The van der Waals surface area contributed by atoms with Gasteiger partial charge in [-0.15, -0.1) is 0 Å². The molecule has 0 aliphatic carbocycles. The van der Waals surface area contributed by atoms with Gasteiger partial charge >= 0.3 is 0 Å². The molecule has 0 saturated heterocycles. The van der Waals surface area contributed by atoms with Crippen molar-refractivity contribution in [3.63, 3.8) is 0 Å². The standard InChI is InChI=1S/C20H18N2O4S/c1-2-24-17-11-13(7-8-14(17)23)12-21-20-22-18(15-5-3-9-25-15)19(27-20)16-6-4-10-26-16/h3-12,18-19,23H,2H2,1H3/t18-,19+/m0/s1. The molecule has 1 N–H and O–H groups in total. The summed E-state index contributed by atoms with van der Waals surface area (Å²) in [6.45, 7) is 2.35. The molecule has 0 unspecified atom stereocenters. The average molecular weight is 382 g/mol. The second-order valence-corrected chi connectivity index (χ2v) is 6.95. The minimum atomic E-state index is -0.192. The Kier molecular flexibility index (Phi) is 5.02. The van der Waals surface area contributed by atoms with Gasteiger partial charge in [-0.1, -0.05) is 11.8 Å². The summed E-state index contributed by atoms with van der Waals surface area (Å²) in [5.41, 5.74) is 0.815. The van der Waals surface area contributed by atoms with E-state index in [9.17, 15) is 5.11 Å². The van der Waals surface area contributed by atoms with Crippen molar-refractivity contribution >= 4 is 23.1 Å². The van der Waals surface area contributed by atoms with Crippen molar-refractivity contribution in [3.8, 4) is 11.5 Å². The van der Waals surface area contributed by atoms with Crippen LogP contribution >= 0.6 is 11.8 Å². The summed E-state index contributed by atoms with van der Waals surface area (Å²) in [6.07, 6.45) is 5.00. The molecular formula is C20H18N2O4S. The van der Waals surface area contributed by atoms with Crippen molar-refractivity contribution in [2.45, 2.75) is 18.2 Å². The lowest BCUT2D eigenvalue weighted by molar-refractivity contribution is 0.318. The highest BCUT2D eigenvalue weighted by Gasteiger charge is 2.36. The van der Waals surface area contributed by atoms with Crippen LogP contribution in [0.5, 0.6) is 11.5 Å². The first-order valence-electron chi connectivity index (χ1n) is 8.55. The maximum atomic E-state index is 9.81. The van der Waals surface area contributed by atoms with Crippen LogP contribution in [0.2, 0.25) is 0 Å². The largest absolute Gasteiger partial charge is 0.504 e. The van der Waals surface area contributed by atoms with E-state index >= 15 is 0 Å². The van der Waals surface area contributed by atoms with Gasteiger partial charge < -0.3 is 18.7 Å². The number of thioether (sulfide) groups is 1. The van der Waals surface area contributed by atoms with Crippen LogP contribution in [0.15, 0.2) is 73.8 Å². The fourth-order valence-corrected chi connectivity index (χ4v) is 3.90. The monoisotopic (exact) mass is 382 g/mol. The number of benzene rings is 1. The Labute approximate surface area is 160 Å². The van der Waals surface area contributed by atoms with E-state index in [1.54, 1.807) is 36.9 Å². The molecule has 27 heavy (non-hydrogen) atoms. The van der Waals surface area contributed by atoms with E-state index in [-0.39, 0.29) is 17.0 Å². The number of furan rings is 2. The van der Waals surface area contributed by atoms with Crippen LogP contribution in [0.25, 0.3) is 0 Å². The number of phenolic OH excluding ortho intramolecular Hbond substituents is 1. The normalized spacial score (nSPS) is 19.5. The van der Waals surface area contributed by atoms with E-state index in [1.165, 1.54) is 11.8 Å². The number of aliphatic imine (C=N–C) groups is 2. The van der Waals surface area contributed by atoms with Gasteiger partial charge in [0.15, 0.2) is 16.7 Å². The van der Waals surface area contributed by atoms with Crippen molar-refractivity contribution in [2.75, 3.05) is 6.61 Å². The fourth-order valence-electron chi connectivity index (χ4n) is 2.81. The average Bonchev–Trinajstić information content (AvgIpc) is 3.42. The second-order valence-electron chi connectivity index (χ2n) is 5.84. The highest BCUT2D eigenvalue weighted by molar-refractivity contribution is 8.14. The molecule has 3 heterocycles. The maximum absolute atomic E-state index is 9.81. The van der Waals surface area contributed by atoms with Crippen LogP contribution in [0.1, 0.15) is 35.3 Å². The van der Waals surface area contributed by atoms with Gasteiger partial charge in [0.2, 0.25) is 0 Å². The number of hydrogen-bond acceptors (Lipinski definition) is 7. The predicted molar refractivity (Wildman–Crippen MR) is 105 cm³/mol. The Hall–Kier alpha value is -2.93. The number of rotatable bonds is 5. The Morgan fingerprint density at radius 3 is 2.67 bits per heavy atom. The van der Waals surface area contributed by atoms with E-state index in [0.29, 0.717) is 17.5 Å². The van der Waals surface area contributed by atoms with Crippen molar-refractivity contribution in [1.29, 1.82) is 0 Å². The molecule has 0 bridgehead atoms. The molecule has 0 fully saturated rings. The lowest BCUT2D eigenvalue weighted by Gasteiger charge is -2.11. The van der Waals surface area contributed by atoms with Crippen LogP contribution < -0.4 is 4.74 Å². The number of phenols is 1. The van der Waals surface area contributed by atoms with Crippen molar-refractivity contribution in [2.24, 2.45) is 9.98 Å². The van der Waals surface area contributed by atoms with Crippen molar-refractivity contribution < 1.29 is 18.7 Å². The first kappa shape index (κ1) is 17.5. The van der Waals surface area contributed by atoms with Gasteiger partial charge in [-0.3, -0.25) is 0 Å². The SMILES string of the molecule is CCOc1cc(C=NC2=N[C@@H](c3ccco3)[C@@H](c3ccco3)S2)ccc1O. The number of hydrogen-bond donors (Lipinski definition) is 1. The molecule has 1 aliphatic rings. The molecule has 0 amide bonds. The zero-order valence-electron chi connectivity index (χ0n) is 14.6. The number of ether oxygens (including phenoxy) is 1. The molecule has 6 nitrogen and oxygen atoms in total. The van der Waals surface area contributed by atoms with Gasteiger partial charge in [0.05, 0.1) is 19.1 Å². The minimum Gasteiger partial charge on any atom is -0.504 e. The fraction of sp³-hybridized carbons (Fsp3) is 0.200. The summed E-state index contributed by atoms with van der Waals surface area (Å²) >= 11 is 1.53. The quantitative estimate of drug-likeness (QED) is 0.629. The summed E-state index contributed by atoms with van der Waals surface area (Å²) in [7, 11) is 0. The summed E-state index contributed by atoms with van der Waals surface area (Å²) < 4.78 is 16.5. The topological polar surface area (TPSA) is 80.5 Å². The molecule has 2 aromatic heterocycles. The number of nitrogens with zero attached hydrogens (tertiary/aromatic N) is 2. The second kappa shape index (κ2) is 7.75. The summed E-state index contributed by atoms with van der Waals surface area (Å²) in [4.78, 5) is 9.22. The lowest BCUT2D eigenvalue weighted by atomic mass is 10.1. The van der Waals surface area contributed by atoms with Crippen molar-refractivity contribution in [3.05, 3.63) is 72.1 Å². The summed E-state index contributed by atoms with van der Waals surface area (Å²) in [6, 6.07) is 12.5. The first-order chi connectivity index (χ1) is 13.2. The van der Waals surface area contributed by atoms with Crippen LogP contribution in [0.4, 0.5) is 0 Å². The lowest BCUT2D eigenvalue weighted by Crippen LogP contribution is -1.99. The zero-order chi connectivity index (χ0) is 18.6. The zero-order valence-corrected chi connectivity index (χ0v) is 15.4. The highest BCUT2D eigenvalue weighted by Crippen LogP contribution is 2.48. The van der Waals surface area contributed by atoms with Gasteiger partial charge in [0, 0.05) is 6.21 Å². The molecule has 0 radical (unpaired) electrons. The Morgan fingerprint density at radius 2 is 1.96 bits per heavy atom. The molecule has 3 aromatic rings. The van der Waals surface area contributed by atoms with Crippen molar-refractivity contribution in [1.82, 2.24) is 0 Å². The molecular weight excluding hydrogens is 364 g/mol. The molecule has 0 saturated carbocycles. The van der Waals surface area contributed by atoms with Crippen LogP contribution in [-0.4, -0.2) is 23.1 Å².